The second-order valence-corrected chi connectivity index (χ2v) is 7.57. The van der Waals surface area contributed by atoms with Crippen LogP contribution in [-0.4, -0.2) is 14.2 Å². The molecule has 1 aromatic heterocycles. The van der Waals surface area contributed by atoms with Gasteiger partial charge in [0, 0.05) is 21.1 Å². The van der Waals surface area contributed by atoms with Crippen molar-refractivity contribution in [2.24, 2.45) is 0 Å². The Balaban J connectivity index is 2.16. The number of hydrogen-bond donors (Lipinski definition) is 0. The minimum atomic E-state index is -3.70. The van der Waals surface area contributed by atoms with Crippen molar-refractivity contribution in [1.82, 2.24) is 0 Å². The molecule has 0 spiro atoms. The van der Waals surface area contributed by atoms with Crippen molar-refractivity contribution in [3.05, 3.63) is 59.0 Å². The summed E-state index contributed by atoms with van der Waals surface area (Å²) in [6, 6.07) is 11.9. The number of carbonyl (C=O) groups is 1. The van der Waals surface area contributed by atoms with Crippen LogP contribution in [0.3, 0.4) is 0 Å². The van der Waals surface area contributed by atoms with Crippen molar-refractivity contribution in [3.8, 4) is 0 Å². The van der Waals surface area contributed by atoms with Gasteiger partial charge in [-0.3, -0.25) is 4.79 Å². The number of benzene rings is 1. The summed E-state index contributed by atoms with van der Waals surface area (Å²) >= 11 is 1.02. The molecular weight excluding hydrogens is 304 g/mol. The number of rotatable bonds is 4. The van der Waals surface area contributed by atoms with Gasteiger partial charge in [-0.15, -0.1) is 11.3 Å². The summed E-state index contributed by atoms with van der Waals surface area (Å²) in [6.45, 7) is 0. The Morgan fingerprint density at radius 3 is 2.37 bits per heavy atom. The van der Waals surface area contributed by atoms with E-state index in [0.29, 0.717) is 10.4 Å². The number of ketones is 1. The third-order valence-electron chi connectivity index (χ3n) is 2.30. The van der Waals surface area contributed by atoms with Crippen molar-refractivity contribution in [2.75, 3.05) is 0 Å². The highest BCUT2D eigenvalue weighted by Gasteiger charge is 2.12. The van der Waals surface area contributed by atoms with E-state index >= 15 is 0 Å². The molecule has 0 amide bonds. The lowest BCUT2D eigenvalue weighted by Gasteiger charge is -1.93. The van der Waals surface area contributed by atoms with Gasteiger partial charge in [0.2, 0.25) is 0 Å². The summed E-state index contributed by atoms with van der Waals surface area (Å²) in [7, 11) is 1.52. The van der Waals surface area contributed by atoms with Crippen molar-refractivity contribution < 1.29 is 13.2 Å². The zero-order valence-electron chi connectivity index (χ0n) is 9.62. The van der Waals surface area contributed by atoms with Gasteiger partial charge in [-0.25, -0.2) is 8.42 Å². The van der Waals surface area contributed by atoms with E-state index in [1.165, 1.54) is 12.1 Å². The molecule has 98 valence electrons. The smallest absolute Gasteiger partial charge is 0.270 e. The second-order valence-electron chi connectivity index (χ2n) is 3.66. The fourth-order valence-electron chi connectivity index (χ4n) is 1.41. The Morgan fingerprint density at radius 1 is 1.11 bits per heavy atom. The molecule has 1 aromatic carbocycles. The third-order valence-corrected chi connectivity index (χ3v) is 5.44. The van der Waals surface area contributed by atoms with Gasteiger partial charge in [-0.1, -0.05) is 30.3 Å². The van der Waals surface area contributed by atoms with Gasteiger partial charge >= 0.3 is 0 Å². The van der Waals surface area contributed by atoms with E-state index in [0.717, 1.165) is 11.3 Å². The molecule has 0 aliphatic heterocycles. The van der Waals surface area contributed by atoms with Gasteiger partial charge in [0.25, 0.3) is 9.05 Å². The molecule has 0 unspecified atom stereocenters. The molecule has 0 saturated carbocycles. The zero-order valence-corrected chi connectivity index (χ0v) is 12.0. The molecule has 3 nitrogen and oxygen atoms in total. The number of allylic oxidation sites excluding steroid dienone is 1. The van der Waals surface area contributed by atoms with Crippen LogP contribution < -0.4 is 0 Å². The van der Waals surface area contributed by atoms with Crippen LogP contribution >= 0.6 is 22.0 Å². The van der Waals surface area contributed by atoms with E-state index in [9.17, 15) is 13.2 Å². The summed E-state index contributed by atoms with van der Waals surface area (Å²) in [6.07, 6.45) is 2.98. The van der Waals surface area contributed by atoms with E-state index in [1.54, 1.807) is 36.4 Å². The third kappa shape index (κ3) is 3.76. The minimum Gasteiger partial charge on any atom is -0.289 e. The number of carbonyl (C=O) groups excluding carboxylic acids is 1. The Kier molecular flexibility index (Phi) is 4.19. The van der Waals surface area contributed by atoms with Gasteiger partial charge < -0.3 is 0 Å². The summed E-state index contributed by atoms with van der Waals surface area (Å²) < 4.78 is 22.3. The molecule has 0 radical (unpaired) electrons. The first-order valence-electron chi connectivity index (χ1n) is 5.29. The summed E-state index contributed by atoms with van der Waals surface area (Å²) in [4.78, 5) is 12.5. The topological polar surface area (TPSA) is 51.2 Å². The van der Waals surface area contributed by atoms with Crippen LogP contribution in [-0.2, 0) is 9.05 Å². The molecule has 6 heteroatoms. The maximum atomic E-state index is 11.8. The van der Waals surface area contributed by atoms with E-state index in [2.05, 4.69) is 0 Å². The van der Waals surface area contributed by atoms with Crippen LogP contribution in [0.2, 0.25) is 0 Å². The lowest BCUT2D eigenvalue weighted by Crippen LogP contribution is -1.92. The van der Waals surface area contributed by atoms with Crippen molar-refractivity contribution in [3.63, 3.8) is 0 Å². The lowest BCUT2D eigenvalue weighted by molar-refractivity contribution is 0.104. The minimum absolute atomic E-state index is 0.0703. The Labute approximate surface area is 119 Å². The maximum absolute atomic E-state index is 11.8. The molecule has 0 atom stereocenters. The molecule has 19 heavy (non-hydrogen) atoms. The number of thiophene rings is 1. The first-order chi connectivity index (χ1) is 8.97. The first kappa shape index (κ1) is 14.0. The van der Waals surface area contributed by atoms with Crippen molar-refractivity contribution in [1.29, 1.82) is 0 Å². The molecule has 2 rings (SSSR count). The normalized spacial score (nSPS) is 11.8. The fraction of sp³-hybridized carbons (Fsp3) is 0. The highest BCUT2D eigenvalue weighted by Crippen LogP contribution is 2.25. The van der Waals surface area contributed by atoms with E-state index in [-0.39, 0.29) is 9.99 Å². The summed E-state index contributed by atoms with van der Waals surface area (Å²) in [5.74, 6) is -0.135. The highest BCUT2D eigenvalue weighted by atomic mass is 35.7. The van der Waals surface area contributed by atoms with Crippen LogP contribution in [0.15, 0.2) is 52.7 Å². The molecule has 1 heterocycles. The Morgan fingerprint density at radius 2 is 1.79 bits per heavy atom. The lowest BCUT2D eigenvalue weighted by atomic mass is 10.1. The van der Waals surface area contributed by atoms with Gasteiger partial charge in [-0.05, 0) is 24.3 Å². The molecule has 0 fully saturated rings. The molecule has 0 N–H and O–H groups in total. The predicted molar refractivity (Wildman–Crippen MR) is 77.2 cm³/mol. The first-order valence-corrected chi connectivity index (χ1v) is 8.41. The van der Waals surface area contributed by atoms with Gasteiger partial charge in [-0.2, -0.15) is 0 Å². The number of halogens is 1. The molecule has 0 aliphatic rings. The zero-order chi connectivity index (χ0) is 13.9. The maximum Gasteiger partial charge on any atom is 0.270 e. The molecule has 0 saturated heterocycles. The van der Waals surface area contributed by atoms with Crippen LogP contribution in [0, 0.1) is 0 Å². The van der Waals surface area contributed by atoms with Crippen LogP contribution in [0.1, 0.15) is 15.2 Å². The summed E-state index contributed by atoms with van der Waals surface area (Å²) in [5, 5.41) is 0. The van der Waals surface area contributed by atoms with Crippen LogP contribution in [0.4, 0.5) is 0 Å². The van der Waals surface area contributed by atoms with Crippen LogP contribution in [0.25, 0.3) is 6.08 Å². The molecular formula is C13H9ClO3S2. The summed E-state index contributed by atoms with van der Waals surface area (Å²) in [5.41, 5.74) is 0.584. The second kappa shape index (κ2) is 5.69. The highest BCUT2D eigenvalue weighted by molar-refractivity contribution is 8.15. The number of hydrogen-bond acceptors (Lipinski definition) is 4. The largest absolute Gasteiger partial charge is 0.289 e. The van der Waals surface area contributed by atoms with E-state index < -0.39 is 9.05 Å². The Bertz CT molecular complexity index is 715. The monoisotopic (exact) mass is 312 g/mol. The van der Waals surface area contributed by atoms with Crippen molar-refractivity contribution in [2.45, 2.75) is 4.21 Å². The molecule has 2 aromatic rings. The SMILES string of the molecule is O=C(/C=C\c1ccc(S(=O)(=O)Cl)s1)c1ccccc1. The average Bonchev–Trinajstić information content (AvgIpc) is 2.86. The van der Waals surface area contributed by atoms with Gasteiger partial charge in [0.05, 0.1) is 0 Å². The predicted octanol–water partition coefficient (Wildman–Crippen LogP) is 3.57. The van der Waals surface area contributed by atoms with Crippen LogP contribution in [0.5, 0.6) is 0 Å². The van der Waals surface area contributed by atoms with Crippen molar-refractivity contribution >= 4 is 42.9 Å². The van der Waals surface area contributed by atoms with E-state index in [1.807, 2.05) is 6.07 Å². The van der Waals surface area contributed by atoms with Gasteiger partial charge in [0.15, 0.2) is 5.78 Å². The quantitative estimate of drug-likeness (QED) is 0.492. The van der Waals surface area contributed by atoms with Gasteiger partial charge in [0.1, 0.15) is 4.21 Å². The van der Waals surface area contributed by atoms with E-state index in [4.69, 9.17) is 10.7 Å². The fourth-order valence-corrected chi connectivity index (χ4v) is 3.41. The average molecular weight is 313 g/mol. The Hall–Kier alpha value is -1.43. The molecule has 0 bridgehead atoms. The molecule has 0 aliphatic carbocycles. The standard InChI is InChI=1S/C13H9ClO3S2/c14-19(16,17)13-9-7-11(18-13)6-8-12(15)10-4-2-1-3-5-10/h1-9H/b8-6-.